The lowest BCUT2D eigenvalue weighted by Gasteiger charge is -1.92. The monoisotopic (exact) mass is 166 g/mol. The quantitative estimate of drug-likeness (QED) is 0.649. The summed E-state index contributed by atoms with van der Waals surface area (Å²) in [6.07, 6.45) is 2.76. The molecule has 0 aliphatic carbocycles. The fourth-order valence-electron chi connectivity index (χ4n) is 0.884. The van der Waals surface area contributed by atoms with Gasteiger partial charge in [0, 0.05) is 6.08 Å². The molecule has 4 nitrogen and oxygen atoms in total. The SMILES string of the molecule is C/C(=C\C(=O)O)c1cnc(C)[nH]1. The molecule has 0 spiro atoms. The maximum atomic E-state index is 10.3. The van der Waals surface area contributed by atoms with Gasteiger partial charge in [0.25, 0.3) is 0 Å². The molecule has 0 saturated carbocycles. The summed E-state index contributed by atoms with van der Waals surface area (Å²) in [6, 6.07) is 0. The first-order valence-corrected chi connectivity index (χ1v) is 3.53. The summed E-state index contributed by atoms with van der Waals surface area (Å²) < 4.78 is 0. The van der Waals surface area contributed by atoms with Gasteiger partial charge >= 0.3 is 5.97 Å². The number of aromatic amines is 1. The average molecular weight is 166 g/mol. The van der Waals surface area contributed by atoms with Gasteiger partial charge in [-0.2, -0.15) is 0 Å². The number of aromatic nitrogens is 2. The van der Waals surface area contributed by atoms with E-state index in [1.807, 2.05) is 6.92 Å². The summed E-state index contributed by atoms with van der Waals surface area (Å²) in [5.41, 5.74) is 1.41. The Balaban J connectivity index is 2.91. The molecule has 0 radical (unpaired) electrons. The zero-order valence-electron chi connectivity index (χ0n) is 6.96. The number of carboxylic acid groups (broad SMARTS) is 1. The molecule has 64 valence electrons. The highest BCUT2D eigenvalue weighted by Gasteiger charge is 2.00. The fraction of sp³-hybridized carbons (Fsp3) is 0.250. The van der Waals surface area contributed by atoms with Crippen LogP contribution in [0.25, 0.3) is 5.57 Å². The Morgan fingerprint density at radius 3 is 2.83 bits per heavy atom. The largest absolute Gasteiger partial charge is 0.478 e. The molecule has 0 aliphatic rings. The van der Waals surface area contributed by atoms with Crippen LogP contribution < -0.4 is 0 Å². The molecule has 0 aliphatic heterocycles. The van der Waals surface area contributed by atoms with Gasteiger partial charge in [-0.3, -0.25) is 0 Å². The Morgan fingerprint density at radius 1 is 1.75 bits per heavy atom. The van der Waals surface area contributed by atoms with Crippen LogP contribution in [0.15, 0.2) is 12.3 Å². The Kier molecular flexibility index (Phi) is 2.28. The highest BCUT2D eigenvalue weighted by molar-refractivity contribution is 5.88. The smallest absolute Gasteiger partial charge is 0.328 e. The molecule has 1 rings (SSSR count). The minimum absolute atomic E-state index is 0.670. The normalized spacial score (nSPS) is 11.7. The number of carbonyl (C=O) groups is 1. The fourth-order valence-corrected chi connectivity index (χ4v) is 0.884. The first-order valence-electron chi connectivity index (χ1n) is 3.53. The number of rotatable bonds is 2. The van der Waals surface area contributed by atoms with Crippen molar-refractivity contribution in [1.29, 1.82) is 0 Å². The maximum Gasteiger partial charge on any atom is 0.328 e. The number of imidazole rings is 1. The number of hydrogen-bond acceptors (Lipinski definition) is 2. The second kappa shape index (κ2) is 3.21. The lowest BCUT2D eigenvalue weighted by atomic mass is 10.2. The second-order valence-electron chi connectivity index (χ2n) is 2.55. The van der Waals surface area contributed by atoms with Crippen LogP contribution in [0.2, 0.25) is 0 Å². The molecule has 0 saturated heterocycles. The predicted octanol–water partition coefficient (Wildman–Crippen LogP) is 1.21. The third kappa shape index (κ3) is 1.95. The Bertz CT molecular complexity index is 326. The van der Waals surface area contributed by atoms with Gasteiger partial charge in [0.2, 0.25) is 0 Å². The molecular weight excluding hydrogens is 156 g/mol. The van der Waals surface area contributed by atoms with Crippen molar-refractivity contribution in [3.8, 4) is 0 Å². The number of allylic oxidation sites excluding steroid dienone is 1. The first-order chi connectivity index (χ1) is 5.59. The Morgan fingerprint density at radius 2 is 2.42 bits per heavy atom. The van der Waals surface area contributed by atoms with Crippen LogP contribution in [0.5, 0.6) is 0 Å². The zero-order valence-corrected chi connectivity index (χ0v) is 6.96. The molecule has 0 unspecified atom stereocenters. The summed E-state index contributed by atoms with van der Waals surface area (Å²) in [5.74, 6) is -0.164. The number of aryl methyl sites for hydroxylation is 1. The number of nitrogens with one attached hydrogen (secondary N) is 1. The summed E-state index contributed by atoms with van der Waals surface area (Å²) in [5, 5.41) is 8.44. The Labute approximate surface area is 70.0 Å². The molecule has 1 aromatic heterocycles. The van der Waals surface area contributed by atoms with Crippen molar-refractivity contribution in [3.63, 3.8) is 0 Å². The van der Waals surface area contributed by atoms with Gasteiger partial charge in [-0.25, -0.2) is 9.78 Å². The van der Waals surface area contributed by atoms with Gasteiger partial charge in [-0.15, -0.1) is 0 Å². The molecule has 0 fully saturated rings. The van der Waals surface area contributed by atoms with Crippen LogP contribution in [0.3, 0.4) is 0 Å². The lowest BCUT2D eigenvalue weighted by molar-refractivity contribution is -0.131. The average Bonchev–Trinajstić information content (AvgIpc) is 2.34. The van der Waals surface area contributed by atoms with Gasteiger partial charge in [0.15, 0.2) is 0 Å². The molecule has 0 aromatic carbocycles. The number of hydrogen-bond donors (Lipinski definition) is 2. The minimum atomic E-state index is -0.945. The number of aliphatic carboxylic acids is 1. The van der Waals surface area contributed by atoms with Crippen molar-refractivity contribution in [3.05, 3.63) is 23.8 Å². The van der Waals surface area contributed by atoms with E-state index in [-0.39, 0.29) is 0 Å². The molecule has 4 heteroatoms. The van der Waals surface area contributed by atoms with Crippen molar-refractivity contribution in [2.45, 2.75) is 13.8 Å². The van der Waals surface area contributed by atoms with Crippen molar-refractivity contribution < 1.29 is 9.90 Å². The van der Waals surface area contributed by atoms with E-state index in [4.69, 9.17) is 5.11 Å². The molecule has 1 heterocycles. The van der Waals surface area contributed by atoms with Crippen molar-refractivity contribution >= 4 is 11.5 Å². The highest BCUT2D eigenvalue weighted by atomic mass is 16.4. The topological polar surface area (TPSA) is 66.0 Å². The van der Waals surface area contributed by atoms with Crippen LogP contribution in [-0.4, -0.2) is 21.0 Å². The van der Waals surface area contributed by atoms with Crippen LogP contribution in [0.1, 0.15) is 18.4 Å². The van der Waals surface area contributed by atoms with E-state index >= 15 is 0 Å². The molecular formula is C8H10N2O2. The Hall–Kier alpha value is -1.58. The molecule has 1 aromatic rings. The first kappa shape index (κ1) is 8.52. The standard InChI is InChI=1S/C8H10N2O2/c1-5(3-8(11)12)7-4-9-6(2)10-7/h3-4H,1-2H3,(H,9,10)(H,11,12)/b5-3+. The zero-order chi connectivity index (χ0) is 9.14. The summed E-state index contributed by atoms with van der Waals surface area (Å²) >= 11 is 0. The van der Waals surface area contributed by atoms with Gasteiger partial charge in [0.1, 0.15) is 5.82 Å². The van der Waals surface area contributed by atoms with Crippen molar-refractivity contribution in [2.24, 2.45) is 0 Å². The third-order valence-corrected chi connectivity index (χ3v) is 1.47. The summed E-state index contributed by atoms with van der Waals surface area (Å²) in [6.45, 7) is 3.54. The van der Waals surface area contributed by atoms with Crippen LogP contribution in [0, 0.1) is 6.92 Å². The molecule has 0 bridgehead atoms. The van der Waals surface area contributed by atoms with E-state index in [2.05, 4.69) is 9.97 Å². The van der Waals surface area contributed by atoms with Gasteiger partial charge in [-0.1, -0.05) is 0 Å². The number of nitrogens with zero attached hydrogens (tertiary/aromatic N) is 1. The van der Waals surface area contributed by atoms with Crippen molar-refractivity contribution in [1.82, 2.24) is 9.97 Å². The third-order valence-electron chi connectivity index (χ3n) is 1.47. The van der Waals surface area contributed by atoms with Gasteiger partial charge in [-0.05, 0) is 19.4 Å². The second-order valence-corrected chi connectivity index (χ2v) is 2.55. The number of H-pyrrole nitrogens is 1. The van der Waals surface area contributed by atoms with E-state index in [0.717, 1.165) is 17.6 Å². The van der Waals surface area contributed by atoms with Crippen molar-refractivity contribution in [2.75, 3.05) is 0 Å². The van der Waals surface area contributed by atoms with E-state index in [0.29, 0.717) is 5.57 Å². The number of carboxylic acids is 1. The van der Waals surface area contributed by atoms with E-state index in [9.17, 15) is 4.79 Å². The van der Waals surface area contributed by atoms with Crippen LogP contribution in [0.4, 0.5) is 0 Å². The molecule has 12 heavy (non-hydrogen) atoms. The molecule has 0 atom stereocenters. The maximum absolute atomic E-state index is 10.3. The van der Waals surface area contributed by atoms with Crippen LogP contribution in [-0.2, 0) is 4.79 Å². The molecule has 2 N–H and O–H groups in total. The van der Waals surface area contributed by atoms with Crippen LogP contribution >= 0.6 is 0 Å². The van der Waals surface area contributed by atoms with Gasteiger partial charge in [0.05, 0.1) is 11.9 Å². The predicted molar refractivity (Wildman–Crippen MR) is 44.6 cm³/mol. The summed E-state index contributed by atoms with van der Waals surface area (Å²) in [7, 11) is 0. The highest BCUT2D eigenvalue weighted by Crippen LogP contribution is 2.09. The van der Waals surface area contributed by atoms with E-state index in [1.54, 1.807) is 13.1 Å². The van der Waals surface area contributed by atoms with E-state index < -0.39 is 5.97 Å². The van der Waals surface area contributed by atoms with E-state index in [1.165, 1.54) is 0 Å². The summed E-state index contributed by atoms with van der Waals surface area (Å²) in [4.78, 5) is 17.2. The minimum Gasteiger partial charge on any atom is -0.478 e. The lowest BCUT2D eigenvalue weighted by Crippen LogP contribution is -1.90. The van der Waals surface area contributed by atoms with Gasteiger partial charge < -0.3 is 10.1 Å². The molecule has 0 amide bonds.